The number of aromatic nitrogens is 2. The Morgan fingerprint density at radius 3 is 2.95 bits per heavy atom. The van der Waals surface area contributed by atoms with Crippen molar-refractivity contribution in [2.75, 3.05) is 5.32 Å². The molecule has 0 fully saturated rings. The quantitative estimate of drug-likeness (QED) is 0.691. The molecule has 0 spiro atoms. The number of hydrogen-bond acceptors (Lipinski definition) is 5. The second kappa shape index (κ2) is 5.75. The highest BCUT2D eigenvalue weighted by atomic mass is 79.9. The molecule has 0 unspecified atom stereocenters. The van der Waals surface area contributed by atoms with Gasteiger partial charge in [0.05, 0.1) is 4.92 Å². The predicted molar refractivity (Wildman–Crippen MR) is 74.9 cm³/mol. The van der Waals surface area contributed by atoms with Crippen molar-refractivity contribution in [2.24, 2.45) is 0 Å². The van der Waals surface area contributed by atoms with Crippen molar-refractivity contribution in [3.8, 4) is 0 Å². The Bertz CT molecular complexity index is 618. The van der Waals surface area contributed by atoms with E-state index in [1.165, 1.54) is 12.3 Å². The summed E-state index contributed by atoms with van der Waals surface area (Å²) in [4.78, 5) is 18.5. The van der Waals surface area contributed by atoms with Gasteiger partial charge in [-0.25, -0.2) is 4.98 Å². The normalized spacial score (nSPS) is 10.2. The predicted octanol–water partition coefficient (Wildman–Crippen LogP) is 3.07. The molecule has 0 amide bonds. The fourth-order valence-corrected chi connectivity index (χ4v) is 1.88. The van der Waals surface area contributed by atoms with Crippen molar-refractivity contribution in [3.63, 3.8) is 0 Å². The highest BCUT2D eigenvalue weighted by Gasteiger charge is 2.15. The smallest absolute Gasteiger partial charge is 0.312 e. The molecule has 0 radical (unpaired) electrons. The zero-order valence-corrected chi connectivity index (χ0v) is 11.7. The van der Waals surface area contributed by atoms with Crippen LogP contribution in [0, 0.1) is 17.0 Å². The maximum atomic E-state index is 10.9. The van der Waals surface area contributed by atoms with Crippen molar-refractivity contribution < 1.29 is 4.92 Å². The van der Waals surface area contributed by atoms with E-state index in [1.54, 1.807) is 12.4 Å². The van der Waals surface area contributed by atoms with Crippen LogP contribution in [0.4, 0.5) is 11.5 Å². The summed E-state index contributed by atoms with van der Waals surface area (Å²) < 4.78 is 0.572. The molecule has 0 aliphatic carbocycles. The number of anilines is 1. The van der Waals surface area contributed by atoms with Crippen molar-refractivity contribution in [1.82, 2.24) is 9.97 Å². The minimum Gasteiger partial charge on any atom is -0.360 e. The molecule has 2 aromatic rings. The summed E-state index contributed by atoms with van der Waals surface area (Å²) in [6, 6.07) is 3.31. The lowest BCUT2D eigenvalue weighted by molar-refractivity contribution is -0.384. The van der Waals surface area contributed by atoms with Crippen LogP contribution >= 0.6 is 15.9 Å². The Balaban J connectivity index is 2.20. The molecule has 2 rings (SSSR count). The number of nitrogens with zero attached hydrogens (tertiary/aromatic N) is 3. The van der Waals surface area contributed by atoms with Gasteiger partial charge in [0.2, 0.25) is 5.82 Å². The van der Waals surface area contributed by atoms with Crippen LogP contribution < -0.4 is 5.32 Å². The van der Waals surface area contributed by atoms with Gasteiger partial charge in [0.25, 0.3) is 0 Å². The molecule has 2 aromatic heterocycles. The Kier molecular flexibility index (Phi) is 4.06. The number of nitrogens with one attached hydrogen (secondary N) is 1. The highest BCUT2D eigenvalue weighted by Crippen LogP contribution is 2.25. The first kappa shape index (κ1) is 13.4. The highest BCUT2D eigenvalue weighted by molar-refractivity contribution is 9.10. The van der Waals surface area contributed by atoms with E-state index in [4.69, 9.17) is 0 Å². The topological polar surface area (TPSA) is 81.0 Å². The zero-order chi connectivity index (χ0) is 13.8. The molecule has 1 N–H and O–H groups in total. The number of halogens is 1. The van der Waals surface area contributed by atoms with Gasteiger partial charge in [0.15, 0.2) is 0 Å². The summed E-state index contributed by atoms with van der Waals surface area (Å²) in [7, 11) is 0. The standard InChI is InChI=1S/C12H11BrN4O2/c1-8-2-3-14-5-9(8)6-15-12-11(17(18)19)4-10(13)7-16-12/h2-5,7H,6H2,1H3,(H,15,16). The lowest BCUT2D eigenvalue weighted by Gasteiger charge is -2.08. The molecule has 0 aromatic carbocycles. The molecule has 2 heterocycles. The maximum absolute atomic E-state index is 10.9. The van der Waals surface area contributed by atoms with E-state index in [-0.39, 0.29) is 11.5 Å². The second-order valence-corrected chi connectivity index (χ2v) is 4.85. The van der Waals surface area contributed by atoms with Gasteiger partial charge >= 0.3 is 5.69 Å². The van der Waals surface area contributed by atoms with Gasteiger partial charge in [-0.1, -0.05) is 0 Å². The van der Waals surface area contributed by atoms with Crippen molar-refractivity contribution in [2.45, 2.75) is 13.5 Å². The van der Waals surface area contributed by atoms with Gasteiger partial charge in [-0.3, -0.25) is 15.1 Å². The van der Waals surface area contributed by atoms with Crippen LogP contribution in [-0.4, -0.2) is 14.9 Å². The van der Waals surface area contributed by atoms with Gasteiger partial charge in [0, 0.05) is 35.7 Å². The van der Waals surface area contributed by atoms with Crippen LogP contribution in [0.15, 0.2) is 35.2 Å². The van der Waals surface area contributed by atoms with Gasteiger partial charge in [0.1, 0.15) is 0 Å². The van der Waals surface area contributed by atoms with Crippen LogP contribution in [-0.2, 0) is 6.54 Å². The molecule has 0 saturated carbocycles. The first-order valence-corrected chi connectivity index (χ1v) is 6.30. The summed E-state index contributed by atoms with van der Waals surface area (Å²) in [6.07, 6.45) is 4.96. The summed E-state index contributed by atoms with van der Waals surface area (Å²) >= 11 is 3.17. The Morgan fingerprint density at radius 2 is 2.26 bits per heavy atom. The molecule has 19 heavy (non-hydrogen) atoms. The third kappa shape index (κ3) is 3.25. The van der Waals surface area contributed by atoms with E-state index in [2.05, 4.69) is 31.2 Å². The van der Waals surface area contributed by atoms with E-state index in [1.807, 2.05) is 13.0 Å². The summed E-state index contributed by atoms with van der Waals surface area (Å²) in [5.41, 5.74) is 1.99. The van der Waals surface area contributed by atoms with E-state index in [0.29, 0.717) is 11.0 Å². The average Bonchev–Trinajstić information content (AvgIpc) is 2.38. The van der Waals surface area contributed by atoms with Crippen LogP contribution in [0.1, 0.15) is 11.1 Å². The molecule has 0 atom stereocenters. The molecular weight excluding hydrogens is 312 g/mol. The van der Waals surface area contributed by atoms with E-state index in [0.717, 1.165) is 11.1 Å². The van der Waals surface area contributed by atoms with Crippen LogP contribution in [0.2, 0.25) is 0 Å². The fraction of sp³-hybridized carbons (Fsp3) is 0.167. The molecule has 0 saturated heterocycles. The lowest BCUT2D eigenvalue weighted by atomic mass is 10.1. The van der Waals surface area contributed by atoms with Crippen molar-refractivity contribution in [1.29, 1.82) is 0 Å². The number of nitro groups is 1. The Hall–Kier alpha value is -2.02. The molecule has 0 aliphatic heterocycles. The summed E-state index contributed by atoms with van der Waals surface area (Å²) in [6.45, 7) is 2.40. The van der Waals surface area contributed by atoms with Crippen molar-refractivity contribution >= 4 is 27.4 Å². The van der Waals surface area contributed by atoms with Gasteiger partial charge in [-0.15, -0.1) is 0 Å². The van der Waals surface area contributed by atoms with Crippen LogP contribution in [0.3, 0.4) is 0 Å². The Labute approximate surface area is 118 Å². The molecular formula is C12H11BrN4O2. The molecule has 0 aliphatic rings. The van der Waals surface area contributed by atoms with Crippen molar-refractivity contribution in [3.05, 3.63) is 56.4 Å². The number of aryl methyl sites for hydroxylation is 1. The second-order valence-electron chi connectivity index (χ2n) is 3.93. The van der Waals surface area contributed by atoms with Gasteiger partial charge < -0.3 is 5.32 Å². The monoisotopic (exact) mass is 322 g/mol. The molecule has 6 nitrogen and oxygen atoms in total. The number of pyridine rings is 2. The van der Waals surface area contributed by atoms with Crippen LogP contribution in [0.25, 0.3) is 0 Å². The SMILES string of the molecule is Cc1ccncc1CNc1ncc(Br)cc1[N+](=O)[O-]. The average molecular weight is 323 g/mol. The fourth-order valence-electron chi connectivity index (χ4n) is 1.56. The minimum atomic E-state index is -0.462. The van der Waals surface area contributed by atoms with E-state index < -0.39 is 4.92 Å². The Morgan fingerprint density at radius 1 is 1.47 bits per heavy atom. The molecule has 7 heteroatoms. The largest absolute Gasteiger partial charge is 0.360 e. The van der Waals surface area contributed by atoms with E-state index in [9.17, 15) is 10.1 Å². The third-order valence-electron chi connectivity index (χ3n) is 2.62. The van der Waals surface area contributed by atoms with Gasteiger partial charge in [-0.2, -0.15) is 0 Å². The first-order valence-electron chi connectivity index (χ1n) is 5.51. The minimum absolute atomic E-state index is 0.0593. The first-order chi connectivity index (χ1) is 9.08. The third-order valence-corrected chi connectivity index (χ3v) is 3.06. The number of hydrogen-bond donors (Lipinski definition) is 1. The van der Waals surface area contributed by atoms with E-state index >= 15 is 0 Å². The zero-order valence-electron chi connectivity index (χ0n) is 10.1. The number of rotatable bonds is 4. The summed E-state index contributed by atoms with van der Waals surface area (Å²) in [5, 5.41) is 13.9. The lowest BCUT2D eigenvalue weighted by Crippen LogP contribution is -2.06. The van der Waals surface area contributed by atoms with Crippen LogP contribution in [0.5, 0.6) is 0 Å². The maximum Gasteiger partial charge on any atom is 0.312 e. The molecule has 0 bridgehead atoms. The molecule has 98 valence electrons. The van der Waals surface area contributed by atoms with Gasteiger partial charge in [-0.05, 0) is 40.0 Å². The summed E-state index contributed by atoms with van der Waals surface area (Å²) in [5.74, 6) is 0.247.